The Balaban J connectivity index is 0.00000400. The first-order valence-electron chi connectivity index (χ1n) is 17.3. The van der Waals surface area contributed by atoms with Gasteiger partial charge in [0.1, 0.15) is 5.82 Å². The molecule has 0 bridgehead atoms. The molecular formula is C48H31IrN4-. The van der Waals surface area contributed by atoms with E-state index in [2.05, 4.69) is 133 Å². The van der Waals surface area contributed by atoms with E-state index in [1.165, 1.54) is 0 Å². The maximum atomic E-state index is 5.23. The fourth-order valence-electron chi connectivity index (χ4n) is 6.73. The summed E-state index contributed by atoms with van der Waals surface area (Å²) in [6.07, 6.45) is 1.85. The van der Waals surface area contributed by atoms with E-state index in [-0.39, 0.29) is 20.1 Å². The summed E-state index contributed by atoms with van der Waals surface area (Å²) in [5.41, 5.74) is 11.0. The van der Waals surface area contributed by atoms with Crippen LogP contribution in [-0.2, 0) is 20.1 Å². The molecule has 0 aliphatic rings. The number of hydrogen-bond donors (Lipinski definition) is 0. The second kappa shape index (κ2) is 15.1. The van der Waals surface area contributed by atoms with Crippen molar-refractivity contribution in [3.63, 3.8) is 0 Å². The fraction of sp³-hybridized carbons (Fsp3) is 0. The molecule has 0 fully saturated rings. The molecule has 2 heterocycles. The van der Waals surface area contributed by atoms with Crippen LogP contribution in [0.3, 0.4) is 0 Å². The Bertz CT molecular complexity index is 2620. The van der Waals surface area contributed by atoms with Gasteiger partial charge in [-0.25, -0.2) is 15.0 Å². The standard InChI is InChI=1S/C48H31N4.Ir/c1-4-15-33(16-5-1)39-30-40(34-17-6-2-7-18-34)32-41(31-39)47-50-46(51-48(52-47)44-26-13-12-24-42(44)35-19-8-3-9-20-35)38-23-14-22-37(29-38)45-43-25-11-10-21-36(43)27-28-49-45;/h1-21,23-32H;/q-1;. The summed E-state index contributed by atoms with van der Waals surface area (Å²) in [5, 5.41) is 2.19. The van der Waals surface area contributed by atoms with Gasteiger partial charge in [-0.3, -0.25) is 0 Å². The number of fused-ring (bicyclic) bond motifs is 1. The molecule has 2 aromatic heterocycles. The third kappa shape index (κ3) is 6.96. The van der Waals surface area contributed by atoms with Gasteiger partial charge in [0, 0.05) is 37.4 Å². The van der Waals surface area contributed by atoms with Gasteiger partial charge in [0.15, 0.2) is 11.6 Å². The van der Waals surface area contributed by atoms with E-state index in [0.717, 1.165) is 72.1 Å². The summed E-state index contributed by atoms with van der Waals surface area (Å²) in [6, 6.07) is 65.9. The number of pyridine rings is 1. The van der Waals surface area contributed by atoms with Crippen molar-refractivity contribution in [2.24, 2.45) is 0 Å². The second-order valence-electron chi connectivity index (χ2n) is 12.6. The Morgan fingerprint density at radius 2 is 0.906 bits per heavy atom. The van der Waals surface area contributed by atoms with Crippen molar-refractivity contribution in [2.75, 3.05) is 0 Å². The summed E-state index contributed by atoms with van der Waals surface area (Å²) in [6.45, 7) is 0. The minimum absolute atomic E-state index is 0. The third-order valence-corrected chi connectivity index (χ3v) is 9.28. The Morgan fingerprint density at radius 3 is 1.58 bits per heavy atom. The van der Waals surface area contributed by atoms with E-state index in [1.807, 2.05) is 60.8 Å². The van der Waals surface area contributed by atoms with Crippen molar-refractivity contribution in [3.05, 3.63) is 194 Å². The van der Waals surface area contributed by atoms with Crippen LogP contribution in [0.25, 0.3) is 89.6 Å². The summed E-state index contributed by atoms with van der Waals surface area (Å²) in [5.74, 6) is 1.77. The molecule has 0 unspecified atom stereocenters. The van der Waals surface area contributed by atoms with Crippen LogP contribution in [-0.4, -0.2) is 19.9 Å². The minimum atomic E-state index is 0. The van der Waals surface area contributed by atoms with Crippen LogP contribution in [0.2, 0.25) is 0 Å². The Kier molecular flexibility index (Phi) is 9.59. The molecule has 0 N–H and O–H groups in total. The quantitative estimate of drug-likeness (QED) is 0.150. The zero-order valence-corrected chi connectivity index (χ0v) is 30.9. The number of aromatic nitrogens is 4. The molecule has 0 saturated heterocycles. The molecule has 4 nitrogen and oxygen atoms in total. The van der Waals surface area contributed by atoms with Gasteiger partial charge in [0.2, 0.25) is 0 Å². The SMILES string of the molecule is [Ir].[c-]1ccc(-c2nc(-c3cc(-c4ccccc4)cc(-c4ccccc4)c3)nc(-c3ccccc3-c3ccccc3)n2)cc1-c1nccc2ccccc12. The first-order valence-corrected chi connectivity index (χ1v) is 17.3. The molecule has 0 aliphatic carbocycles. The third-order valence-electron chi connectivity index (χ3n) is 9.28. The van der Waals surface area contributed by atoms with Crippen molar-refractivity contribution < 1.29 is 20.1 Å². The Hall–Kier alpha value is -6.39. The van der Waals surface area contributed by atoms with Gasteiger partial charge in [-0.15, -0.1) is 29.8 Å². The van der Waals surface area contributed by atoms with Crippen molar-refractivity contribution in [1.82, 2.24) is 19.9 Å². The molecule has 1 radical (unpaired) electrons. The summed E-state index contributed by atoms with van der Waals surface area (Å²) >= 11 is 0. The predicted octanol–water partition coefficient (Wildman–Crippen LogP) is 11.9. The van der Waals surface area contributed by atoms with Gasteiger partial charge < -0.3 is 4.98 Å². The maximum absolute atomic E-state index is 5.23. The van der Waals surface area contributed by atoms with Crippen molar-refractivity contribution in [1.29, 1.82) is 0 Å². The minimum Gasteiger partial charge on any atom is -0.304 e. The molecule has 0 saturated carbocycles. The Labute approximate surface area is 322 Å². The molecule has 253 valence electrons. The maximum Gasteiger partial charge on any atom is 0.164 e. The van der Waals surface area contributed by atoms with Crippen molar-refractivity contribution in [3.8, 4) is 78.8 Å². The van der Waals surface area contributed by atoms with Gasteiger partial charge in [-0.1, -0.05) is 145 Å². The van der Waals surface area contributed by atoms with Crippen LogP contribution in [0.5, 0.6) is 0 Å². The monoisotopic (exact) mass is 856 g/mol. The molecule has 5 heteroatoms. The largest absolute Gasteiger partial charge is 0.304 e. The van der Waals surface area contributed by atoms with Crippen molar-refractivity contribution in [2.45, 2.75) is 0 Å². The predicted molar refractivity (Wildman–Crippen MR) is 212 cm³/mol. The number of nitrogens with zero attached hydrogens (tertiary/aromatic N) is 4. The Morgan fingerprint density at radius 1 is 0.377 bits per heavy atom. The van der Waals surface area contributed by atoms with Crippen LogP contribution in [0.1, 0.15) is 0 Å². The van der Waals surface area contributed by atoms with E-state index in [1.54, 1.807) is 0 Å². The number of hydrogen-bond acceptors (Lipinski definition) is 4. The van der Waals surface area contributed by atoms with E-state index < -0.39 is 0 Å². The first kappa shape index (κ1) is 33.7. The van der Waals surface area contributed by atoms with E-state index >= 15 is 0 Å². The van der Waals surface area contributed by atoms with E-state index in [9.17, 15) is 0 Å². The summed E-state index contributed by atoms with van der Waals surface area (Å²) < 4.78 is 0. The van der Waals surface area contributed by atoms with Crippen LogP contribution < -0.4 is 0 Å². The summed E-state index contributed by atoms with van der Waals surface area (Å²) in [4.78, 5) is 20.4. The molecule has 0 spiro atoms. The van der Waals surface area contributed by atoms with E-state index in [0.29, 0.717) is 17.5 Å². The topological polar surface area (TPSA) is 51.6 Å². The van der Waals surface area contributed by atoms with Gasteiger partial charge >= 0.3 is 0 Å². The molecule has 7 aromatic carbocycles. The van der Waals surface area contributed by atoms with Gasteiger partial charge in [0.05, 0.1) is 0 Å². The van der Waals surface area contributed by atoms with Gasteiger partial charge in [-0.2, -0.15) is 0 Å². The fourth-order valence-corrected chi connectivity index (χ4v) is 6.73. The summed E-state index contributed by atoms with van der Waals surface area (Å²) in [7, 11) is 0. The zero-order chi connectivity index (χ0) is 34.7. The molecule has 0 aliphatic heterocycles. The average molecular weight is 856 g/mol. The molecular weight excluding hydrogens is 825 g/mol. The molecule has 0 amide bonds. The average Bonchev–Trinajstić information content (AvgIpc) is 3.24. The molecule has 9 aromatic rings. The molecule has 53 heavy (non-hydrogen) atoms. The van der Waals surface area contributed by atoms with Gasteiger partial charge in [0.25, 0.3) is 0 Å². The molecule has 0 atom stereocenters. The number of benzene rings is 7. The van der Waals surface area contributed by atoms with Crippen molar-refractivity contribution >= 4 is 10.8 Å². The van der Waals surface area contributed by atoms with Gasteiger partial charge in [-0.05, 0) is 74.1 Å². The number of rotatable bonds is 7. The molecule has 9 rings (SSSR count). The van der Waals surface area contributed by atoms with E-state index in [4.69, 9.17) is 19.9 Å². The zero-order valence-electron chi connectivity index (χ0n) is 28.5. The van der Waals surface area contributed by atoms with Crippen LogP contribution in [0.15, 0.2) is 188 Å². The van der Waals surface area contributed by atoms with Crippen LogP contribution in [0.4, 0.5) is 0 Å². The van der Waals surface area contributed by atoms with Crippen LogP contribution in [0, 0.1) is 6.07 Å². The first-order chi connectivity index (χ1) is 25.8. The normalized spacial score (nSPS) is 10.9. The smallest absolute Gasteiger partial charge is 0.164 e. The second-order valence-corrected chi connectivity index (χ2v) is 12.6. The van der Waals surface area contributed by atoms with Crippen LogP contribution >= 0.6 is 0 Å².